The molecule has 4 nitrogen and oxygen atoms in total. The third-order valence-corrected chi connectivity index (χ3v) is 3.16. The summed E-state index contributed by atoms with van der Waals surface area (Å²) in [6.07, 6.45) is 0. The van der Waals surface area contributed by atoms with Gasteiger partial charge < -0.3 is 9.64 Å². The van der Waals surface area contributed by atoms with Crippen molar-refractivity contribution < 1.29 is 9.53 Å². The molecular weight excluding hydrogens is 228 g/mol. The van der Waals surface area contributed by atoms with E-state index >= 15 is 0 Å². The number of nitrogens with one attached hydrogen (secondary N) is 1. The molecule has 0 aromatic heterocycles. The van der Waals surface area contributed by atoms with E-state index in [0.717, 1.165) is 11.4 Å². The first-order valence-corrected chi connectivity index (χ1v) is 6.16. The van der Waals surface area contributed by atoms with Crippen LogP contribution in [0.1, 0.15) is 20.8 Å². The topological polar surface area (TPSA) is 41.6 Å². The van der Waals surface area contributed by atoms with Crippen LogP contribution in [0.25, 0.3) is 0 Å². The molecule has 1 saturated heterocycles. The molecule has 98 valence electrons. The zero-order valence-electron chi connectivity index (χ0n) is 11.4. The highest BCUT2D eigenvalue weighted by Gasteiger charge is 2.36. The van der Waals surface area contributed by atoms with Gasteiger partial charge in [0, 0.05) is 23.8 Å². The number of hydrogen-bond donors (Lipinski definition) is 1. The smallest absolute Gasteiger partial charge is 0.243 e. The van der Waals surface area contributed by atoms with Gasteiger partial charge in [-0.05, 0) is 32.9 Å². The Labute approximate surface area is 108 Å². The van der Waals surface area contributed by atoms with Crippen LogP contribution in [-0.2, 0) is 4.79 Å². The van der Waals surface area contributed by atoms with Gasteiger partial charge in [0.05, 0.1) is 13.2 Å². The van der Waals surface area contributed by atoms with E-state index in [0.29, 0.717) is 6.54 Å². The summed E-state index contributed by atoms with van der Waals surface area (Å²) in [6, 6.07) is 7.45. The average molecular weight is 248 g/mol. The van der Waals surface area contributed by atoms with E-state index in [9.17, 15) is 4.79 Å². The molecule has 1 unspecified atom stereocenters. The normalized spacial score (nSPS) is 23.0. The van der Waals surface area contributed by atoms with E-state index in [1.54, 1.807) is 7.11 Å². The number of nitrogens with zero attached hydrogens (tertiary/aromatic N) is 1. The minimum atomic E-state index is -0.167. The Hall–Kier alpha value is -1.55. The Balaban J connectivity index is 2.32. The second-order valence-corrected chi connectivity index (χ2v) is 5.38. The second kappa shape index (κ2) is 4.61. The molecule has 1 heterocycles. The Bertz CT molecular complexity index is 457. The lowest BCUT2D eigenvalue weighted by Gasteiger charge is -2.42. The minimum absolute atomic E-state index is 0.0869. The summed E-state index contributed by atoms with van der Waals surface area (Å²) in [6.45, 7) is 6.76. The summed E-state index contributed by atoms with van der Waals surface area (Å²) in [5.74, 6) is 0.867. The molecule has 1 aromatic rings. The number of amides is 1. The lowest BCUT2D eigenvalue weighted by Crippen LogP contribution is -2.64. The maximum atomic E-state index is 12.2. The largest absolute Gasteiger partial charge is 0.497 e. The van der Waals surface area contributed by atoms with Gasteiger partial charge in [0.1, 0.15) is 5.75 Å². The highest BCUT2D eigenvalue weighted by molar-refractivity contribution is 5.98. The molecule has 0 spiro atoms. The number of rotatable bonds is 2. The fraction of sp³-hybridized carbons (Fsp3) is 0.500. The van der Waals surface area contributed by atoms with Gasteiger partial charge >= 0.3 is 0 Å². The molecule has 0 bridgehead atoms. The first kappa shape index (κ1) is 12.9. The third-order valence-electron chi connectivity index (χ3n) is 3.16. The highest BCUT2D eigenvalue weighted by Crippen LogP contribution is 2.25. The maximum absolute atomic E-state index is 12.2. The van der Waals surface area contributed by atoms with Gasteiger partial charge in [0.2, 0.25) is 5.91 Å². The number of anilines is 1. The molecule has 1 aliphatic heterocycles. The molecule has 18 heavy (non-hydrogen) atoms. The quantitative estimate of drug-likeness (QED) is 0.867. The minimum Gasteiger partial charge on any atom is -0.497 e. The van der Waals surface area contributed by atoms with Crippen molar-refractivity contribution in [2.45, 2.75) is 32.4 Å². The predicted octanol–water partition coefficient (Wildman–Crippen LogP) is 1.80. The molecule has 1 aromatic carbocycles. The summed E-state index contributed by atoms with van der Waals surface area (Å²) in [5.41, 5.74) is 0.803. The molecule has 4 heteroatoms. The fourth-order valence-electron chi connectivity index (χ4n) is 2.40. The monoisotopic (exact) mass is 248 g/mol. The standard InChI is InChI=1S/C14H20N2O2/c1-10-13(17)16(9-14(2,3)15-10)11-6-5-7-12(8-11)18-4/h5-8,10,15H,9H2,1-4H3. The van der Waals surface area contributed by atoms with E-state index in [2.05, 4.69) is 19.2 Å². The lowest BCUT2D eigenvalue weighted by molar-refractivity contribution is -0.122. The van der Waals surface area contributed by atoms with E-state index in [-0.39, 0.29) is 17.5 Å². The van der Waals surface area contributed by atoms with Crippen LogP contribution >= 0.6 is 0 Å². The maximum Gasteiger partial charge on any atom is 0.243 e. The molecule has 0 radical (unpaired) electrons. The van der Waals surface area contributed by atoms with Gasteiger partial charge in [0.25, 0.3) is 0 Å². The van der Waals surface area contributed by atoms with Gasteiger partial charge in [-0.25, -0.2) is 0 Å². The molecular formula is C14H20N2O2. The van der Waals surface area contributed by atoms with E-state index < -0.39 is 0 Å². The zero-order chi connectivity index (χ0) is 13.3. The van der Waals surface area contributed by atoms with Crippen LogP contribution < -0.4 is 15.0 Å². The molecule has 1 aliphatic rings. The molecule has 1 atom stereocenters. The Morgan fingerprint density at radius 1 is 1.44 bits per heavy atom. The predicted molar refractivity (Wildman–Crippen MR) is 72.0 cm³/mol. The van der Waals surface area contributed by atoms with Crippen molar-refractivity contribution in [3.63, 3.8) is 0 Å². The van der Waals surface area contributed by atoms with Crippen molar-refractivity contribution in [2.24, 2.45) is 0 Å². The van der Waals surface area contributed by atoms with Crippen LogP contribution in [-0.4, -0.2) is 31.1 Å². The molecule has 1 amide bonds. The highest BCUT2D eigenvalue weighted by atomic mass is 16.5. The van der Waals surface area contributed by atoms with Crippen molar-refractivity contribution >= 4 is 11.6 Å². The van der Waals surface area contributed by atoms with Gasteiger partial charge in [-0.1, -0.05) is 6.07 Å². The van der Waals surface area contributed by atoms with Crippen LogP contribution in [0.3, 0.4) is 0 Å². The summed E-state index contributed by atoms with van der Waals surface area (Å²) in [7, 11) is 1.63. The number of carbonyl (C=O) groups excluding carboxylic acids is 1. The fourth-order valence-corrected chi connectivity index (χ4v) is 2.40. The molecule has 2 rings (SSSR count). The van der Waals surface area contributed by atoms with Crippen LogP contribution in [0.15, 0.2) is 24.3 Å². The summed E-state index contributed by atoms with van der Waals surface area (Å²) in [5, 5.41) is 3.31. The van der Waals surface area contributed by atoms with E-state index in [1.807, 2.05) is 36.1 Å². The zero-order valence-corrected chi connectivity index (χ0v) is 11.4. The molecule has 1 fully saturated rings. The van der Waals surface area contributed by atoms with Crippen LogP contribution in [0, 0.1) is 0 Å². The number of piperazine rings is 1. The SMILES string of the molecule is COc1cccc(N2CC(C)(C)NC(C)C2=O)c1. The first-order valence-electron chi connectivity index (χ1n) is 6.16. The number of hydrogen-bond acceptors (Lipinski definition) is 3. The van der Waals surface area contributed by atoms with Gasteiger partial charge in [0.15, 0.2) is 0 Å². The second-order valence-electron chi connectivity index (χ2n) is 5.38. The van der Waals surface area contributed by atoms with Crippen molar-refractivity contribution in [1.82, 2.24) is 5.32 Å². The van der Waals surface area contributed by atoms with E-state index in [1.165, 1.54) is 0 Å². The average Bonchev–Trinajstić information content (AvgIpc) is 2.33. The number of carbonyl (C=O) groups is 1. The number of ether oxygens (including phenoxy) is 1. The van der Waals surface area contributed by atoms with Gasteiger partial charge in [-0.15, -0.1) is 0 Å². The molecule has 0 aliphatic carbocycles. The van der Waals surface area contributed by atoms with Crippen LogP contribution in [0.2, 0.25) is 0 Å². The van der Waals surface area contributed by atoms with Crippen LogP contribution in [0.4, 0.5) is 5.69 Å². The Morgan fingerprint density at radius 2 is 2.17 bits per heavy atom. The van der Waals surface area contributed by atoms with Crippen molar-refractivity contribution in [3.8, 4) is 5.75 Å². The lowest BCUT2D eigenvalue weighted by atomic mass is 9.98. The number of benzene rings is 1. The van der Waals surface area contributed by atoms with Crippen LogP contribution in [0.5, 0.6) is 5.75 Å². The summed E-state index contributed by atoms with van der Waals surface area (Å²) < 4.78 is 5.21. The molecule has 1 N–H and O–H groups in total. The summed E-state index contributed by atoms with van der Waals surface area (Å²) in [4.78, 5) is 14.1. The van der Waals surface area contributed by atoms with E-state index in [4.69, 9.17) is 4.74 Å². The van der Waals surface area contributed by atoms with Crippen molar-refractivity contribution in [3.05, 3.63) is 24.3 Å². The third kappa shape index (κ3) is 2.48. The van der Waals surface area contributed by atoms with Crippen molar-refractivity contribution in [1.29, 1.82) is 0 Å². The van der Waals surface area contributed by atoms with Gasteiger partial charge in [-0.2, -0.15) is 0 Å². The Morgan fingerprint density at radius 3 is 2.83 bits per heavy atom. The molecule has 0 saturated carbocycles. The number of methoxy groups -OCH3 is 1. The first-order chi connectivity index (χ1) is 8.43. The Kier molecular flexibility index (Phi) is 3.30. The van der Waals surface area contributed by atoms with Crippen molar-refractivity contribution in [2.75, 3.05) is 18.6 Å². The van der Waals surface area contributed by atoms with Gasteiger partial charge in [-0.3, -0.25) is 10.1 Å². The summed E-state index contributed by atoms with van der Waals surface area (Å²) >= 11 is 0.